The van der Waals surface area contributed by atoms with Crippen LogP contribution in [0.1, 0.15) is 29.4 Å². The Hall–Kier alpha value is -2.28. The number of anilines is 1. The molecule has 18 heavy (non-hydrogen) atoms. The first kappa shape index (κ1) is 12.2. The molecule has 2 aromatic rings. The molecule has 4 nitrogen and oxygen atoms in total. The minimum Gasteiger partial charge on any atom is -0.397 e. The molecule has 0 saturated carbocycles. The van der Waals surface area contributed by atoms with Crippen molar-refractivity contribution in [2.45, 2.75) is 27.2 Å². The molecule has 2 rings (SSSR count). The lowest BCUT2D eigenvalue weighted by Crippen LogP contribution is -2.04. The normalized spacial score (nSPS) is 10.3. The Morgan fingerprint density at radius 2 is 2.11 bits per heavy atom. The molecule has 0 aliphatic heterocycles. The van der Waals surface area contributed by atoms with Gasteiger partial charge < -0.3 is 5.73 Å². The topological polar surface area (TPSA) is 67.6 Å². The van der Waals surface area contributed by atoms with Gasteiger partial charge in [-0.25, -0.2) is 4.68 Å². The summed E-state index contributed by atoms with van der Waals surface area (Å²) in [6.45, 7) is 6.13. The van der Waals surface area contributed by atoms with Crippen molar-refractivity contribution >= 4 is 5.69 Å². The van der Waals surface area contributed by atoms with Crippen LogP contribution in [0, 0.1) is 25.2 Å². The summed E-state index contributed by atoms with van der Waals surface area (Å²) in [6, 6.07) is 7.35. The maximum atomic E-state index is 8.95. The minimum atomic E-state index is 0.588. The summed E-state index contributed by atoms with van der Waals surface area (Å²) in [4.78, 5) is 0. The zero-order valence-corrected chi connectivity index (χ0v) is 10.9. The van der Waals surface area contributed by atoms with Gasteiger partial charge in [0.15, 0.2) is 0 Å². The molecule has 0 aliphatic rings. The van der Waals surface area contributed by atoms with E-state index in [9.17, 15) is 0 Å². The molecule has 0 spiro atoms. The van der Waals surface area contributed by atoms with Crippen LogP contribution in [0.5, 0.6) is 0 Å². The molecule has 0 unspecified atom stereocenters. The average Bonchev–Trinajstić information content (AvgIpc) is 2.65. The molecule has 0 saturated heterocycles. The fourth-order valence-electron chi connectivity index (χ4n) is 2.22. The van der Waals surface area contributed by atoms with Crippen molar-refractivity contribution in [2.24, 2.45) is 0 Å². The summed E-state index contributed by atoms with van der Waals surface area (Å²) < 4.78 is 1.82. The van der Waals surface area contributed by atoms with Crippen LogP contribution in [-0.2, 0) is 6.42 Å². The highest BCUT2D eigenvalue weighted by Gasteiger charge is 2.13. The quantitative estimate of drug-likeness (QED) is 0.820. The Kier molecular flexibility index (Phi) is 3.07. The third-order valence-electron chi connectivity index (χ3n) is 3.18. The lowest BCUT2D eigenvalue weighted by Gasteiger charge is -2.08. The summed E-state index contributed by atoms with van der Waals surface area (Å²) >= 11 is 0. The Labute approximate surface area is 107 Å². The summed E-state index contributed by atoms with van der Waals surface area (Å²) in [5, 5.41) is 13.5. The third-order valence-corrected chi connectivity index (χ3v) is 3.18. The second-order valence-corrected chi connectivity index (χ2v) is 4.30. The molecule has 1 heterocycles. The first-order valence-corrected chi connectivity index (χ1v) is 5.93. The van der Waals surface area contributed by atoms with Crippen LogP contribution in [-0.4, -0.2) is 9.78 Å². The van der Waals surface area contributed by atoms with Gasteiger partial charge in [-0.1, -0.05) is 6.92 Å². The molecule has 1 aromatic heterocycles. The molecule has 0 fully saturated rings. The minimum absolute atomic E-state index is 0.588. The van der Waals surface area contributed by atoms with E-state index in [1.807, 2.05) is 18.5 Å². The fraction of sp³-hybridized carbons (Fsp3) is 0.286. The molecule has 92 valence electrons. The van der Waals surface area contributed by atoms with Crippen LogP contribution < -0.4 is 5.73 Å². The van der Waals surface area contributed by atoms with Crippen LogP contribution in [0.15, 0.2) is 18.2 Å². The van der Waals surface area contributed by atoms with E-state index in [2.05, 4.69) is 18.1 Å². The lowest BCUT2D eigenvalue weighted by atomic mass is 10.1. The Morgan fingerprint density at radius 3 is 2.67 bits per heavy atom. The number of hydrogen-bond acceptors (Lipinski definition) is 3. The maximum Gasteiger partial charge on any atom is 0.0992 e. The van der Waals surface area contributed by atoms with Crippen molar-refractivity contribution in [3.8, 4) is 11.8 Å². The van der Waals surface area contributed by atoms with Crippen LogP contribution >= 0.6 is 0 Å². The van der Waals surface area contributed by atoms with Crippen LogP contribution in [0.3, 0.4) is 0 Å². The molecule has 2 N–H and O–H groups in total. The number of benzene rings is 1. The van der Waals surface area contributed by atoms with Gasteiger partial charge in [-0.2, -0.15) is 10.4 Å². The first-order valence-electron chi connectivity index (χ1n) is 5.93. The van der Waals surface area contributed by atoms with Crippen molar-refractivity contribution in [1.29, 1.82) is 5.26 Å². The van der Waals surface area contributed by atoms with Gasteiger partial charge >= 0.3 is 0 Å². The smallest absolute Gasteiger partial charge is 0.0992 e. The molecule has 0 radical (unpaired) electrons. The molecule has 0 amide bonds. The molecule has 0 aliphatic carbocycles. The highest BCUT2D eigenvalue weighted by Crippen LogP contribution is 2.23. The fourth-order valence-corrected chi connectivity index (χ4v) is 2.22. The summed E-state index contributed by atoms with van der Waals surface area (Å²) in [5.74, 6) is 0. The van der Waals surface area contributed by atoms with Gasteiger partial charge in [0.2, 0.25) is 0 Å². The van der Waals surface area contributed by atoms with Crippen molar-refractivity contribution in [2.75, 3.05) is 5.73 Å². The predicted octanol–water partition coefficient (Wildman–Crippen LogP) is 2.51. The largest absolute Gasteiger partial charge is 0.397 e. The Morgan fingerprint density at radius 1 is 1.39 bits per heavy atom. The molecular formula is C14H16N4. The number of rotatable bonds is 2. The number of aromatic nitrogens is 2. The van der Waals surface area contributed by atoms with E-state index in [-0.39, 0.29) is 0 Å². The van der Waals surface area contributed by atoms with E-state index in [0.29, 0.717) is 11.3 Å². The van der Waals surface area contributed by atoms with E-state index < -0.39 is 0 Å². The number of nitrogens with zero attached hydrogens (tertiary/aromatic N) is 3. The predicted molar refractivity (Wildman–Crippen MR) is 71.5 cm³/mol. The van der Waals surface area contributed by atoms with Crippen molar-refractivity contribution in [3.05, 3.63) is 40.7 Å². The first-order chi connectivity index (χ1) is 8.58. The summed E-state index contributed by atoms with van der Waals surface area (Å²) in [6.07, 6.45) is 0.940. The molecule has 1 aromatic carbocycles. The van der Waals surface area contributed by atoms with Crippen LogP contribution in [0.2, 0.25) is 0 Å². The summed E-state index contributed by atoms with van der Waals surface area (Å²) in [5.41, 5.74) is 11.3. The van der Waals surface area contributed by atoms with Crippen molar-refractivity contribution in [1.82, 2.24) is 9.78 Å². The van der Waals surface area contributed by atoms with E-state index in [0.717, 1.165) is 23.5 Å². The number of nitrogen functional groups attached to an aromatic ring is 1. The zero-order valence-electron chi connectivity index (χ0n) is 10.9. The van der Waals surface area contributed by atoms with Gasteiger partial charge in [-0.3, -0.25) is 0 Å². The van der Waals surface area contributed by atoms with Gasteiger partial charge in [0.05, 0.1) is 28.7 Å². The average molecular weight is 240 g/mol. The number of nitriles is 1. The standard InChI is InChI=1S/C14H16N4/c1-4-12-9(2)17-18(10(12)3)14-7-11(8-15)5-6-13(14)16/h5-7H,4,16H2,1-3H3. The lowest BCUT2D eigenvalue weighted by molar-refractivity contribution is 0.834. The van der Waals surface area contributed by atoms with Crippen molar-refractivity contribution < 1.29 is 0 Å². The third kappa shape index (κ3) is 1.84. The zero-order chi connectivity index (χ0) is 13.3. The van der Waals surface area contributed by atoms with Crippen molar-refractivity contribution in [3.63, 3.8) is 0 Å². The SMILES string of the molecule is CCc1c(C)nn(-c2cc(C#N)ccc2N)c1C. The van der Waals surface area contributed by atoms with Gasteiger partial charge in [0.1, 0.15) is 0 Å². The second kappa shape index (κ2) is 4.53. The van der Waals surface area contributed by atoms with Crippen LogP contribution in [0.25, 0.3) is 5.69 Å². The van der Waals surface area contributed by atoms with Crippen LogP contribution in [0.4, 0.5) is 5.69 Å². The van der Waals surface area contributed by atoms with Gasteiger partial charge in [-0.15, -0.1) is 0 Å². The second-order valence-electron chi connectivity index (χ2n) is 4.30. The van der Waals surface area contributed by atoms with Gasteiger partial charge in [0.25, 0.3) is 0 Å². The number of nitrogens with two attached hydrogens (primary N) is 1. The highest BCUT2D eigenvalue weighted by molar-refractivity contribution is 5.61. The molecule has 0 atom stereocenters. The Bertz CT molecular complexity index is 632. The summed E-state index contributed by atoms with van der Waals surface area (Å²) in [7, 11) is 0. The number of aryl methyl sites for hydroxylation is 1. The van der Waals surface area contributed by atoms with E-state index in [1.165, 1.54) is 5.56 Å². The Balaban J connectivity index is 2.66. The number of hydrogen-bond donors (Lipinski definition) is 1. The van der Waals surface area contributed by atoms with E-state index in [1.54, 1.807) is 18.2 Å². The molecule has 4 heteroatoms. The molecule has 0 bridgehead atoms. The maximum absolute atomic E-state index is 8.95. The molecular weight excluding hydrogens is 224 g/mol. The van der Waals surface area contributed by atoms with Gasteiger partial charge in [-0.05, 0) is 44.0 Å². The highest BCUT2D eigenvalue weighted by atomic mass is 15.3. The monoisotopic (exact) mass is 240 g/mol. The van der Waals surface area contributed by atoms with E-state index >= 15 is 0 Å². The van der Waals surface area contributed by atoms with Gasteiger partial charge in [0, 0.05) is 5.69 Å². The van der Waals surface area contributed by atoms with E-state index in [4.69, 9.17) is 11.0 Å².